The summed E-state index contributed by atoms with van der Waals surface area (Å²) in [5, 5.41) is 3.25. The largest absolute Gasteiger partial charge is 0.466 e. The number of aliphatic imine (C=N–C) groups is 2. The second-order valence-corrected chi connectivity index (χ2v) is 5.24. The minimum atomic E-state index is -0.0584. The van der Waals surface area contributed by atoms with E-state index in [1.165, 1.54) is 0 Å². The van der Waals surface area contributed by atoms with Crippen molar-refractivity contribution in [2.45, 2.75) is 26.4 Å². The fraction of sp³-hybridized carbons (Fsp3) is 0.571. The predicted molar refractivity (Wildman–Crippen MR) is 80.9 cm³/mol. The van der Waals surface area contributed by atoms with Crippen LogP contribution in [-0.2, 0) is 6.42 Å². The number of guanidine groups is 2. The van der Waals surface area contributed by atoms with E-state index >= 15 is 0 Å². The molecule has 6 heteroatoms. The Balaban J connectivity index is 1.94. The average molecular weight is 277 g/mol. The molecule has 0 spiro atoms. The molecule has 0 aromatic carbocycles. The van der Waals surface area contributed by atoms with Crippen molar-refractivity contribution in [2.75, 3.05) is 27.7 Å². The molecule has 0 radical (unpaired) electrons. The highest BCUT2D eigenvalue weighted by Crippen LogP contribution is 2.08. The Hall–Kier alpha value is -1.98. The molecule has 1 unspecified atom stereocenters. The number of likely N-dealkylation sites (N-methyl/N-ethyl adjacent to an activating group) is 1. The van der Waals surface area contributed by atoms with Crippen molar-refractivity contribution in [3.8, 4) is 0 Å². The molecule has 110 valence electrons. The van der Waals surface area contributed by atoms with Crippen molar-refractivity contribution in [3.63, 3.8) is 0 Å². The lowest BCUT2D eigenvalue weighted by Gasteiger charge is -2.29. The average Bonchev–Trinajstić information content (AvgIpc) is 2.81. The van der Waals surface area contributed by atoms with E-state index in [4.69, 9.17) is 4.42 Å². The van der Waals surface area contributed by atoms with Crippen molar-refractivity contribution in [1.82, 2.24) is 15.1 Å². The molecule has 1 atom stereocenters. The Morgan fingerprint density at radius 2 is 1.90 bits per heavy atom. The number of rotatable bonds is 3. The summed E-state index contributed by atoms with van der Waals surface area (Å²) in [4.78, 5) is 13.0. The Morgan fingerprint density at radius 3 is 2.50 bits per heavy atom. The maximum atomic E-state index is 5.58. The van der Waals surface area contributed by atoms with E-state index in [1.807, 2.05) is 52.0 Å². The van der Waals surface area contributed by atoms with Crippen LogP contribution < -0.4 is 5.32 Å². The third kappa shape index (κ3) is 3.53. The summed E-state index contributed by atoms with van der Waals surface area (Å²) >= 11 is 0. The van der Waals surface area contributed by atoms with E-state index in [9.17, 15) is 0 Å². The highest BCUT2D eigenvalue weighted by atomic mass is 16.3. The van der Waals surface area contributed by atoms with Crippen LogP contribution in [0, 0.1) is 6.92 Å². The van der Waals surface area contributed by atoms with Gasteiger partial charge >= 0.3 is 0 Å². The van der Waals surface area contributed by atoms with Crippen LogP contribution in [-0.4, -0.2) is 55.6 Å². The summed E-state index contributed by atoms with van der Waals surface area (Å²) in [6.45, 7) is 4.78. The molecule has 6 nitrogen and oxygen atoms in total. The molecule has 0 fully saturated rings. The van der Waals surface area contributed by atoms with Crippen LogP contribution in [0.25, 0.3) is 0 Å². The quantitative estimate of drug-likeness (QED) is 0.904. The lowest BCUT2D eigenvalue weighted by atomic mass is 10.3. The molecule has 1 aliphatic rings. The number of hydrogen-bond acceptors (Lipinski definition) is 6. The molecule has 0 amide bonds. The summed E-state index contributed by atoms with van der Waals surface area (Å²) in [7, 11) is 5.95. The van der Waals surface area contributed by atoms with Crippen LogP contribution in [0.5, 0.6) is 0 Å². The van der Waals surface area contributed by atoms with E-state index < -0.39 is 0 Å². The lowest BCUT2D eigenvalue weighted by Crippen LogP contribution is -2.50. The van der Waals surface area contributed by atoms with Gasteiger partial charge in [0.2, 0.25) is 11.9 Å². The summed E-state index contributed by atoms with van der Waals surface area (Å²) in [6, 6.07) is 4.01. The van der Waals surface area contributed by atoms with Gasteiger partial charge in [0.05, 0.1) is 0 Å². The minimum Gasteiger partial charge on any atom is -0.466 e. The van der Waals surface area contributed by atoms with Gasteiger partial charge in [0.25, 0.3) is 0 Å². The lowest BCUT2D eigenvalue weighted by molar-refractivity contribution is 0.429. The van der Waals surface area contributed by atoms with Crippen LogP contribution in [0.3, 0.4) is 0 Å². The van der Waals surface area contributed by atoms with Crippen molar-refractivity contribution >= 4 is 11.9 Å². The first-order chi connectivity index (χ1) is 9.45. The Morgan fingerprint density at radius 1 is 1.20 bits per heavy atom. The van der Waals surface area contributed by atoms with Gasteiger partial charge in [0.1, 0.15) is 17.7 Å². The van der Waals surface area contributed by atoms with Crippen LogP contribution in [0.2, 0.25) is 0 Å². The van der Waals surface area contributed by atoms with Crippen LogP contribution in [0.15, 0.2) is 26.5 Å². The molecule has 1 aliphatic heterocycles. The summed E-state index contributed by atoms with van der Waals surface area (Å²) in [6.07, 6.45) is 0.797. The summed E-state index contributed by atoms with van der Waals surface area (Å²) < 4.78 is 5.58. The number of nitrogens with one attached hydrogen (secondary N) is 1. The molecular weight excluding hydrogens is 254 g/mol. The topological polar surface area (TPSA) is 56.4 Å². The second kappa shape index (κ2) is 5.98. The standard InChI is InChI=1S/C14H23N5O/c1-10-6-7-12(20-10)8-9-19(5)14-16-11(2)15-13(17-14)18(3)4/h6-7,11H,8-9H2,1-5H3,(H,15,16,17). The van der Waals surface area contributed by atoms with Gasteiger partial charge in [-0.15, -0.1) is 0 Å². The van der Waals surface area contributed by atoms with Gasteiger partial charge in [-0.2, -0.15) is 0 Å². The van der Waals surface area contributed by atoms with Gasteiger partial charge in [0.15, 0.2) is 0 Å². The number of aryl methyl sites for hydroxylation is 1. The zero-order valence-corrected chi connectivity index (χ0v) is 12.8. The molecule has 1 aromatic heterocycles. The predicted octanol–water partition coefficient (Wildman–Crippen LogP) is 1.29. The third-order valence-corrected chi connectivity index (χ3v) is 3.12. The Bertz CT molecular complexity index is 517. The number of hydrogen-bond donors (Lipinski definition) is 1. The van der Waals surface area contributed by atoms with E-state index in [1.54, 1.807) is 0 Å². The van der Waals surface area contributed by atoms with Crippen LogP contribution >= 0.6 is 0 Å². The van der Waals surface area contributed by atoms with Gasteiger partial charge < -0.3 is 14.2 Å². The van der Waals surface area contributed by atoms with Gasteiger partial charge in [-0.1, -0.05) is 0 Å². The Kier molecular flexibility index (Phi) is 4.32. The highest BCUT2D eigenvalue weighted by molar-refractivity contribution is 5.99. The molecule has 20 heavy (non-hydrogen) atoms. The first-order valence-electron chi connectivity index (χ1n) is 6.82. The highest BCUT2D eigenvalue weighted by Gasteiger charge is 2.17. The van der Waals surface area contributed by atoms with Gasteiger partial charge in [0, 0.05) is 34.1 Å². The first kappa shape index (κ1) is 14.4. The van der Waals surface area contributed by atoms with Crippen molar-refractivity contribution in [1.29, 1.82) is 0 Å². The Labute approximate surface area is 120 Å². The SMILES string of the molecule is Cc1ccc(CCN(C)C2=NC(C)N=C(N(C)C)N2)o1. The van der Waals surface area contributed by atoms with E-state index in [0.29, 0.717) is 0 Å². The van der Waals surface area contributed by atoms with E-state index in [0.717, 1.165) is 36.4 Å². The molecule has 2 heterocycles. The van der Waals surface area contributed by atoms with Crippen molar-refractivity contribution in [3.05, 3.63) is 23.7 Å². The van der Waals surface area contributed by atoms with E-state index in [-0.39, 0.29) is 6.17 Å². The molecule has 0 aliphatic carbocycles. The molecule has 2 rings (SSSR count). The molecule has 0 saturated carbocycles. The van der Waals surface area contributed by atoms with Gasteiger partial charge in [-0.3, -0.25) is 5.32 Å². The van der Waals surface area contributed by atoms with Crippen molar-refractivity contribution < 1.29 is 4.42 Å². The van der Waals surface area contributed by atoms with Gasteiger partial charge in [-0.25, -0.2) is 9.98 Å². The summed E-state index contributed by atoms with van der Waals surface area (Å²) in [5.41, 5.74) is 0. The maximum absolute atomic E-state index is 5.58. The fourth-order valence-electron chi connectivity index (χ4n) is 1.97. The zero-order chi connectivity index (χ0) is 14.7. The minimum absolute atomic E-state index is 0.0584. The number of furan rings is 1. The first-order valence-corrected chi connectivity index (χ1v) is 6.82. The maximum Gasteiger partial charge on any atom is 0.202 e. The third-order valence-electron chi connectivity index (χ3n) is 3.12. The van der Waals surface area contributed by atoms with Gasteiger partial charge in [-0.05, 0) is 26.0 Å². The molecule has 0 bridgehead atoms. The molecule has 0 saturated heterocycles. The monoisotopic (exact) mass is 277 g/mol. The smallest absolute Gasteiger partial charge is 0.202 e. The zero-order valence-electron chi connectivity index (χ0n) is 12.8. The number of nitrogens with zero attached hydrogens (tertiary/aromatic N) is 4. The van der Waals surface area contributed by atoms with Crippen molar-refractivity contribution in [2.24, 2.45) is 9.98 Å². The molecule has 1 N–H and O–H groups in total. The summed E-state index contributed by atoms with van der Waals surface area (Å²) in [5.74, 6) is 3.63. The van der Waals surface area contributed by atoms with Crippen LogP contribution in [0.1, 0.15) is 18.4 Å². The fourth-order valence-corrected chi connectivity index (χ4v) is 1.97. The molecule has 1 aromatic rings. The normalized spacial score (nSPS) is 18.1. The molecular formula is C14H23N5O. The van der Waals surface area contributed by atoms with Crippen LogP contribution in [0.4, 0.5) is 0 Å². The van der Waals surface area contributed by atoms with E-state index in [2.05, 4.69) is 20.2 Å². The second-order valence-electron chi connectivity index (χ2n) is 5.24.